The molecule has 0 spiro atoms. The normalized spacial score (nSPS) is 27.1. The maximum atomic E-state index is 13.2. The van der Waals surface area contributed by atoms with E-state index in [0.717, 1.165) is 51.0 Å². The van der Waals surface area contributed by atoms with Crippen LogP contribution in [0.3, 0.4) is 0 Å². The predicted octanol–water partition coefficient (Wildman–Crippen LogP) is 2.65. The third-order valence-electron chi connectivity index (χ3n) is 7.39. The first kappa shape index (κ1) is 22.5. The van der Waals surface area contributed by atoms with Crippen LogP contribution in [0.1, 0.15) is 44.9 Å². The Kier molecular flexibility index (Phi) is 7.14. The second-order valence-corrected chi connectivity index (χ2v) is 9.41. The minimum Gasteiger partial charge on any atom is -0.388 e. The van der Waals surface area contributed by atoms with Crippen molar-refractivity contribution in [3.8, 4) is 0 Å². The van der Waals surface area contributed by atoms with E-state index in [9.17, 15) is 14.3 Å². The first-order valence-electron chi connectivity index (χ1n) is 11.7. The summed E-state index contributed by atoms with van der Waals surface area (Å²) in [4.78, 5) is 19.4. The minimum atomic E-state index is -0.716. The highest BCUT2D eigenvalue weighted by atomic mass is 19.1. The first-order valence-corrected chi connectivity index (χ1v) is 11.7. The predicted molar refractivity (Wildman–Crippen MR) is 119 cm³/mol. The highest BCUT2D eigenvalue weighted by molar-refractivity contribution is 5.77. The molecule has 3 aliphatic rings. The Labute approximate surface area is 184 Å². The molecule has 6 nitrogen and oxygen atoms in total. The van der Waals surface area contributed by atoms with Crippen LogP contribution in [0.4, 0.5) is 10.1 Å². The van der Waals surface area contributed by atoms with Crippen LogP contribution in [-0.2, 0) is 9.53 Å². The zero-order chi connectivity index (χ0) is 21.8. The zero-order valence-corrected chi connectivity index (χ0v) is 18.6. The van der Waals surface area contributed by atoms with Crippen LogP contribution in [0, 0.1) is 5.82 Å². The quantitative estimate of drug-likeness (QED) is 0.748. The van der Waals surface area contributed by atoms with Crippen molar-refractivity contribution in [2.75, 3.05) is 51.3 Å². The number of fused-ring (bicyclic) bond motifs is 1. The molecule has 1 N–H and O–H groups in total. The Morgan fingerprint density at radius 1 is 1.10 bits per heavy atom. The highest BCUT2D eigenvalue weighted by Crippen LogP contribution is 2.33. The van der Waals surface area contributed by atoms with Gasteiger partial charge in [-0.05, 0) is 69.3 Å². The van der Waals surface area contributed by atoms with Gasteiger partial charge in [0.05, 0.1) is 12.2 Å². The van der Waals surface area contributed by atoms with Gasteiger partial charge in [-0.25, -0.2) is 4.39 Å². The number of carbonyl (C=O) groups excluding carboxylic acids is 1. The largest absolute Gasteiger partial charge is 0.388 e. The Morgan fingerprint density at radius 2 is 1.81 bits per heavy atom. The van der Waals surface area contributed by atoms with Gasteiger partial charge >= 0.3 is 0 Å². The molecule has 31 heavy (non-hydrogen) atoms. The molecule has 7 heteroatoms. The van der Waals surface area contributed by atoms with Crippen molar-refractivity contribution in [2.24, 2.45) is 0 Å². The topological polar surface area (TPSA) is 56.3 Å². The molecule has 1 aromatic rings. The second-order valence-electron chi connectivity index (χ2n) is 9.41. The van der Waals surface area contributed by atoms with Crippen LogP contribution >= 0.6 is 0 Å². The number of nitrogens with zero attached hydrogens (tertiary/aromatic N) is 3. The van der Waals surface area contributed by atoms with Gasteiger partial charge in [0, 0.05) is 57.5 Å². The van der Waals surface area contributed by atoms with Crippen LogP contribution in [0.15, 0.2) is 24.3 Å². The van der Waals surface area contributed by atoms with Gasteiger partial charge in [0.15, 0.2) is 0 Å². The number of rotatable bonds is 6. The summed E-state index contributed by atoms with van der Waals surface area (Å²) in [5.41, 5.74) is 0.295. The highest BCUT2D eigenvalue weighted by Gasteiger charge is 2.42. The third kappa shape index (κ3) is 5.21. The number of anilines is 1. The summed E-state index contributed by atoms with van der Waals surface area (Å²) in [7, 11) is 1.68. The molecule has 0 aliphatic carbocycles. The van der Waals surface area contributed by atoms with Crippen LogP contribution in [0.25, 0.3) is 0 Å². The summed E-state index contributed by atoms with van der Waals surface area (Å²) in [6.45, 7) is 4.40. The molecule has 2 atom stereocenters. The zero-order valence-electron chi connectivity index (χ0n) is 18.6. The molecule has 3 heterocycles. The van der Waals surface area contributed by atoms with Crippen molar-refractivity contribution in [1.82, 2.24) is 9.80 Å². The molecule has 1 aromatic carbocycles. The van der Waals surface area contributed by atoms with Gasteiger partial charge in [0.25, 0.3) is 0 Å². The van der Waals surface area contributed by atoms with E-state index in [4.69, 9.17) is 4.74 Å². The van der Waals surface area contributed by atoms with Gasteiger partial charge in [-0.2, -0.15) is 0 Å². The van der Waals surface area contributed by atoms with E-state index >= 15 is 0 Å². The number of benzene rings is 1. The fourth-order valence-electron chi connectivity index (χ4n) is 5.68. The lowest BCUT2D eigenvalue weighted by Crippen LogP contribution is -2.60. The van der Waals surface area contributed by atoms with E-state index in [0.29, 0.717) is 45.0 Å². The van der Waals surface area contributed by atoms with Crippen molar-refractivity contribution in [2.45, 2.75) is 62.6 Å². The number of methoxy groups -OCH3 is 1. The minimum absolute atomic E-state index is 0.224. The number of hydrogen-bond acceptors (Lipinski definition) is 5. The van der Waals surface area contributed by atoms with Crippen LogP contribution in [0.2, 0.25) is 0 Å². The molecule has 0 saturated carbocycles. The molecule has 172 valence electrons. The molecular formula is C24H36FN3O3. The molecule has 0 radical (unpaired) electrons. The molecule has 3 fully saturated rings. The number of piperidine rings is 2. The average molecular weight is 434 g/mol. The molecular weight excluding hydrogens is 397 g/mol. The fourth-order valence-corrected chi connectivity index (χ4v) is 5.68. The number of hydrogen-bond donors (Lipinski definition) is 1. The van der Waals surface area contributed by atoms with E-state index < -0.39 is 5.60 Å². The van der Waals surface area contributed by atoms with Crippen LogP contribution < -0.4 is 4.90 Å². The Hall–Kier alpha value is -1.70. The number of halogens is 1. The van der Waals surface area contributed by atoms with Gasteiger partial charge in [-0.1, -0.05) is 0 Å². The van der Waals surface area contributed by atoms with E-state index in [1.807, 2.05) is 12.1 Å². The standard InChI is InChI=1S/C24H36FN3O3/c1-31-17-16-28-22-5-3-13-27(21(22)4-2-6-23(28)29)18-24(30)11-14-26(15-12-24)20-9-7-19(25)8-10-20/h7-10,21-22,30H,2-6,11-18H2,1H3/t21-,22-/m1/s1. The van der Waals surface area contributed by atoms with Crippen LogP contribution in [0.5, 0.6) is 0 Å². The lowest BCUT2D eigenvalue weighted by atomic mass is 9.86. The van der Waals surface area contributed by atoms with Gasteiger partial charge in [0.1, 0.15) is 5.82 Å². The van der Waals surface area contributed by atoms with E-state index in [1.54, 1.807) is 7.11 Å². The number of β-amino-alcohol motifs (C(OH)–C–C–N with tert-alkyl or cyclic N) is 1. The molecule has 0 bridgehead atoms. The summed E-state index contributed by atoms with van der Waals surface area (Å²) >= 11 is 0. The number of likely N-dealkylation sites (tertiary alicyclic amines) is 2. The van der Waals surface area contributed by atoms with E-state index in [-0.39, 0.29) is 17.8 Å². The Balaban J connectivity index is 1.40. The average Bonchev–Trinajstić information content (AvgIpc) is 2.92. The lowest BCUT2D eigenvalue weighted by molar-refractivity contribution is -0.136. The van der Waals surface area contributed by atoms with Crippen LogP contribution in [-0.4, -0.2) is 84.9 Å². The second kappa shape index (κ2) is 9.84. The summed E-state index contributed by atoms with van der Waals surface area (Å²) < 4.78 is 18.5. The van der Waals surface area contributed by atoms with Crippen molar-refractivity contribution in [3.05, 3.63) is 30.1 Å². The summed E-state index contributed by atoms with van der Waals surface area (Å²) in [6, 6.07) is 7.15. The third-order valence-corrected chi connectivity index (χ3v) is 7.39. The number of aliphatic hydroxyl groups is 1. The molecule has 4 rings (SSSR count). The molecule has 3 saturated heterocycles. The lowest BCUT2D eigenvalue weighted by Gasteiger charge is -2.49. The molecule has 0 aromatic heterocycles. The van der Waals surface area contributed by atoms with Gasteiger partial charge in [-0.3, -0.25) is 9.69 Å². The maximum Gasteiger partial charge on any atom is 0.222 e. The Bertz CT molecular complexity index is 736. The number of amides is 1. The molecule has 1 amide bonds. The number of carbonyl (C=O) groups is 1. The summed E-state index contributed by atoms with van der Waals surface area (Å²) in [5, 5.41) is 11.4. The maximum absolute atomic E-state index is 13.2. The molecule has 3 aliphatic heterocycles. The summed E-state index contributed by atoms with van der Waals surface area (Å²) in [6.07, 6.45) is 6.02. The van der Waals surface area contributed by atoms with Gasteiger partial charge in [-0.15, -0.1) is 0 Å². The van der Waals surface area contributed by atoms with Gasteiger partial charge in [0.2, 0.25) is 5.91 Å². The van der Waals surface area contributed by atoms with E-state index in [2.05, 4.69) is 14.7 Å². The number of ether oxygens (including phenoxy) is 1. The van der Waals surface area contributed by atoms with Crippen molar-refractivity contribution in [1.29, 1.82) is 0 Å². The fraction of sp³-hybridized carbons (Fsp3) is 0.708. The SMILES string of the molecule is COCCN1C(=O)CCC[C@@H]2[C@H]1CCCN2CC1(O)CCN(c2ccc(F)cc2)CC1. The first-order chi connectivity index (χ1) is 15.0. The Morgan fingerprint density at radius 3 is 2.52 bits per heavy atom. The monoisotopic (exact) mass is 433 g/mol. The van der Waals surface area contributed by atoms with Gasteiger partial charge < -0.3 is 19.6 Å². The van der Waals surface area contributed by atoms with E-state index in [1.165, 1.54) is 12.1 Å². The smallest absolute Gasteiger partial charge is 0.222 e. The summed E-state index contributed by atoms with van der Waals surface area (Å²) in [5.74, 6) is 0.0241. The van der Waals surface area contributed by atoms with Crippen molar-refractivity contribution >= 4 is 11.6 Å². The van der Waals surface area contributed by atoms with Crippen molar-refractivity contribution in [3.63, 3.8) is 0 Å². The van der Waals surface area contributed by atoms with Crippen molar-refractivity contribution < 1.29 is 19.0 Å². The molecule has 0 unspecified atom stereocenters.